The number of amides is 2. The number of nitrogens with zero attached hydrogens (tertiary/aromatic N) is 2. The maximum Gasteiger partial charge on any atom is 0.244 e. The van der Waals surface area contributed by atoms with Crippen LogP contribution >= 0.6 is 15.9 Å². The number of hydrogen-bond donors (Lipinski definition) is 1. The van der Waals surface area contributed by atoms with Crippen molar-refractivity contribution in [3.63, 3.8) is 0 Å². The molecule has 0 fully saturated rings. The summed E-state index contributed by atoms with van der Waals surface area (Å²) in [5, 5.41) is 2.95. The number of nitrogens with one attached hydrogen (secondary N) is 1. The van der Waals surface area contributed by atoms with E-state index in [1.807, 2.05) is 100 Å². The normalized spacial score (nSPS) is 12.2. The number of hydrogen-bond acceptors (Lipinski definition) is 4. The molecule has 0 aliphatic heterocycles. The van der Waals surface area contributed by atoms with Crippen LogP contribution in [0.5, 0.6) is 0 Å². The summed E-state index contributed by atoms with van der Waals surface area (Å²) < 4.78 is 28.0. The zero-order valence-electron chi connectivity index (χ0n) is 23.0. The largest absolute Gasteiger partial charge is 0.352 e. The van der Waals surface area contributed by atoms with E-state index in [1.165, 1.54) is 4.90 Å². The van der Waals surface area contributed by atoms with Crippen LogP contribution in [0.1, 0.15) is 36.1 Å². The van der Waals surface area contributed by atoms with Gasteiger partial charge in [-0.3, -0.25) is 13.9 Å². The van der Waals surface area contributed by atoms with E-state index in [1.54, 1.807) is 0 Å². The zero-order chi connectivity index (χ0) is 28.7. The lowest BCUT2D eigenvalue weighted by molar-refractivity contribution is -0.140. The van der Waals surface area contributed by atoms with E-state index in [4.69, 9.17) is 0 Å². The van der Waals surface area contributed by atoms with Gasteiger partial charge in [0, 0.05) is 23.5 Å². The van der Waals surface area contributed by atoms with Crippen LogP contribution in [0.4, 0.5) is 5.69 Å². The Hall–Kier alpha value is -3.17. The van der Waals surface area contributed by atoms with Crippen LogP contribution in [0.2, 0.25) is 0 Å². The molecule has 0 radical (unpaired) electrons. The Morgan fingerprint density at radius 3 is 2.00 bits per heavy atom. The number of anilines is 1. The minimum atomic E-state index is -3.81. The summed E-state index contributed by atoms with van der Waals surface area (Å²) in [7, 11) is -3.81. The summed E-state index contributed by atoms with van der Waals surface area (Å²) in [4.78, 5) is 29.2. The summed E-state index contributed by atoms with van der Waals surface area (Å²) in [6, 6.07) is 21.5. The third-order valence-corrected chi connectivity index (χ3v) is 7.98. The first-order chi connectivity index (χ1) is 18.4. The van der Waals surface area contributed by atoms with Gasteiger partial charge >= 0.3 is 0 Å². The fraction of sp³-hybridized carbons (Fsp3) is 0.333. The maximum atomic E-state index is 14.1. The Bertz CT molecular complexity index is 1370. The summed E-state index contributed by atoms with van der Waals surface area (Å²) in [6.07, 6.45) is 1.38. The van der Waals surface area contributed by atoms with Crippen LogP contribution in [0, 0.1) is 13.8 Å². The Balaban J connectivity index is 2.08. The molecular weight excluding hydrogens is 578 g/mol. The van der Waals surface area contributed by atoms with E-state index < -0.39 is 28.5 Å². The molecule has 0 bridgehead atoms. The molecule has 39 heavy (non-hydrogen) atoms. The van der Waals surface area contributed by atoms with Gasteiger partial charge in [0.2, 0.25) is 21.8 Å². The molecule has 1 atom stereocenters. The summed E-state index contributed by atoms with van der Waals surface area (Å²) >= 11 is 3.44. The van der Waals surface area contributed by atoms with Crippen LogP contribution < -0.4 is 9.62 Å². The highest BCUT2D eigenvalue weighted by molar-refractivity contribution is 9.10. The predicted molar refractivity (Wildman–Crippen MR) is 160 cm³/mol. The molecule has 2 amide bonds. The van der Waals surface area contributed by atoms with Gasteiger partial charge in [0.25, 0.3) is 0 Å². The first-order valence-electron chi connectivity index (χ1n) is 12.8. The highest BCUT2D eigenvalue weighted by atomic mass is 79.9. The lowest BCUT2D eigenvalue weighted by atomic mass is 10.0. The number of aryl methyl sites for hydroxylation is 2. The minimum Gasteiger partial charge on any atom is -0.352 e. The Kier molecular flexibility index (Phi) is 10.3. The first kappa shape index (κ1) is 30.4. The van der Waals surface area contributed by atoms with E-state index in [0.717, 1.165) is 37.3 Å². The van der Waals surface area contributed by atoms with Crippen LogP contribution in [-0.2, 0) is 32.6 Å². The van der Waals surface area contributed by atoms with Crippen LogP contribution in [0.3, 0.4) is 0 Å². The van der Waals surface area contributed by atoms with Gasteiger partial charge < -0.3 is 10.2 Å². The fourth-order valence-corrected chi connectivity index (χ4v) is 5.72. The molecule has 9 heteroatoms. The quantitative estimate of drug-likeness (QED) is 0.330. The van der Waals surface area contributed by atoms with Gasteiger partial charge in [-0.05, 0) is 62.1 Å². The Morgan fingerprint density at radius 2 is 1.46 bits per heavy atom. The van der Waals surface area contributed by atoms with Gasteiger partial charge in [0.15, 0.2) is 0 Å². The van der Waals surface area contributed by atoms with Gasteiger partial charge in [-0.2, -0.15) is 0 Å². The topological polar surface area (TPSA) is 86.8 Å². The van der Waals surface area contributed by atoms with Crippen molar-refractivity contribution in [1.82, 2.24) is 10.2 Å². The van der Waals surface area contributed by atoms with Crippen LogP contribution in [-0.4, -0.2) is 50.0 Å². The smallest absolute Gasteiger partial charge is 0.244 e. The molecule has 0 heterocycles. The van der Waals surface area contributed by atoms with E-state index >= 15 is 0 Å². The molecular formula is C30H36BrN3O4S. The molecule has 3 rings (SSSR count). The van der Waals surface area contributed by atoms with Gasteiger partial charge in [-0.15, -0.1) is 0 Å². The van der Waals surface area contributed by atoms with Crippen molar-refractivity contribution >= 4 is 43.5 Å². The Morgan fingerprint density at radius 1 is 0.872 bits per heavy atom. The summed E-state index contributed by atoms with van der Waals surface area (Å²) in [5.41, 5.74) is 3.67. The highest BCUT2D eigenvalue weighted by Gasteiger charge is 2.33. The molecule has 1 N–H and O–H groups in total. The molecule has 0 unspecified atom stereocenters. The average Bonchev–Trinajstić information content (AvgIpc) is 2.86. The molecule has 208 valence electrons. The van der Waals surface area contributed by atoms with Crippen molar-refractivity contribution in [3.05, 3.63) is 99.5 Å². The first-order valence-corrected chi connectivity index (χ1v) is 15.4. The molecule has 0 aromatic heterocycles. The minimum absolute atomic E-state index is 0.137. The Labute approximate surface area is 240 Å². The molecule has 0 saturated carbocycles. The second-order valence-electron chi connectivity index (χ2n) is 10.0. The third-order valence-electron chi connectivity index (χ3n) is 6.34. The van der Waals surface area contributed by atoms with Gasteiger partial charge in [0.05, 0.1) is 11.9 Å². The van der Waals surface area contributed by atoms with Crippen LogP contribution in [0.25, 0.3) is 0 Å². The fourth-order valence-electron chi connectivity index (χ4n) is 4.50. The number of sulfonamides is 1. The number of benzene rings is 3. The SMILES string of the molecule is Cc1cccc(C)c1N(CC(=O)N(Cc1ccc(Br)cc1)[C@@H](Cc1ccccc1)C(=O)NC(C)C)S(C)(=O)=O. The second-order valence-corrected chi connectivity index (χ2v) is 12.8. The predicted octanol–water partition coefficient (Wildman–Crippen LogP) is 5.00. The molecule has 7 nitrogen and oxygen atoms in total. The van der Waals surface area contributed by atoms with Gasteiger partial charge in [0.1, 0.15) is 12.6 Å². The zero-order valence-corrected chi connectivity index (χ0v) is 25.4. The van der Waals surface area contributed by atoms with Crippen LogP contribution in [0.15, 0.2) is 77.3 Å². The average molecular weight is 615 g/mol. The summed E-state index contributed by atoms with van der Waals surface area (Å²) in [5.74, 6) is -0.761. The molecule has 0 aliphatic rings. The molecule has 3 aromatic rings. The van der Waals surface area contributed by atoms with Crippen molar-refractivity contribution in [3.8, 4) is 0 Å². The van der Waals surface area contributed by atoms with E-state index in [0.29, 0.717) is 5.69 Å². The van der Waals surface area contributed by atoms with Gasteiger partial charge in [-0.25, -0.2) is 8.42 Å². The standard InChI is InChI=1S/C30H36BrN3O4S/c1-21(2)32-30(36)27(18-24-12-7-6-8-13-24)33(19-25-14-16-26(31)17-15-25)28(35)20-34(39(5,37)38)29-22(3)10-9-11-23(29)4/h6-17,21,27H,18-20H2,1-5H3,(H,32,36)/t27-/m0/s1. The number of para-hydroxylation sites is 1. The molecule has 0 saturated heterocycles. The maximum absolute atomic E-state index is 14.1. The number of carbonyl (C=O) groups excluding carboxylic acids is 2. The summed E-state index contributed by atoms with van der Waals surface area (Å²) in [6.45, 7) is 7.08. The van der Waals surface area contributed by atoms with Crippen molar-refractivity contribution in [1.29, 1.82) is 0 Å². The van der Waals surface area contributed by atoms with Crippen molar-refractivity contribution < 1.29 is 18.0 Å². The van der Waals surface area contributed by atoms with E-state index in [9.17, 15) is 18.0 Å². The van der Waals surface area contributed by atoms with E-state index in [2.05, 4.69) is 21.2 Å². The van der Waals surface area contributed by atoms with Crippen molar-refractivity contribution in [2.24, 2.45) is 0 Å². The lowest BCUT2D eigenvalue weighted by Crippen LogP contribution is -2.54. The number of rotatable bonds is 11. The van der Waals surface area contributed by atoms with E-state index in [-0.39, 0.29) is 24.9 Å². The number of halogens is 1. The second kappa shape index (κ2) is 13.3. The van der Waals surface area contributed by atoms with Crippen molar-refractivity contribution in [2.45, 2.75) is 52.7 Å². The third kappa shape index (κ3) is 8.41. The lowest BCUT2D eigenvalue weighted by Gasteiger charge is -2.34. The molecule has 3 aromatic carbocycles. The molecule has 0 spiro atoms. The van der Waals surface area contributed by atoms with Gasteiger partial charge in [-0.1, -0.05) is 76.6 Å². The number of carbonyl (C=O) groups is 2. The monoisotopic (exact) mass is 613 g/mol. The molecule has 0 aliphatic carbocycles. The van der Waals surface area contributed by atoms with Crippen molar-refractivity contribution in [2.75, 3.05) is 17.1 Å². The highest BCUT2D eigenvalue weighted by Crippen LogP contribution is 2.27.